The number of hydrogen-bond donors (Lipinski definition) is 2. The quantitative estimate of drug-likeness (QED) is 0.527. The summed E-state index contributed by atoms with van der Waals surface area (Å²) in [5.74, 6) is 0. The summed E-state index contributed by atoms with van der Waals surface area (Å²) in [7, 11) is -3.12. The average molecular weight is 420 g/mol. The number of aromatic amines is 2. The highest BCUT2D eigenvalue weighted by Gasteiger charge is 2.40. The van der Waals surface area contributed by atoms with E-state index in [2.05, 4.69) is 38.1 Å². The Balaban J connectivity index is 1.35. The molecule has 0 bridgehead atoms. The number of benzene rings is 1. The van der Waals surface area contributed by atoms with Gasteiger partial charge in [0.05, 0.1) is 22.6 Å². The Morgan fingerprint density at radius 3 is 2.77 bits per heavy atom. The largest absolute Gasteiger partial charge is 0.346 e. The van der Waals surface area contributed by atoms with Crippen molar-refractivity contribution in [1.29, 1.82) is 0 Å². The van der Waals surface area contributed by atoms with Crippen LogP contribution in [0.25, 0.3) is 38.8 Å². The molecule has 0 atom stereocenters. The van der Waals surface area contributed by atoms with Crippen molar-refractivity contribution >= 4 is 37.7 Å². The molecule has 0 saturated heterocycles. The lowest BCUT2D eigenvalue weighted by molar-refractivity contribution is 0.440. The summed E-state index contributed by atoms with van der Waals surface area (Å²) in [5.41, 5.74) is 7.17. The van der Waals surface area contributed by atoms with E-state index in [-0.39, 0.29) is 5.25 Å². The van der Waals surface area contributed by atoms with Gasteiger partial charge in [-0.1, -0.05) is 12.1 Å². The highest BCUT2D eigenvalue weighted by molar-refractivity contribution is 7.90. The van der Waals surface area contributed by atoms with Crippen molar-refractivity contribution in [3.8, 4) is 11.1 Å². The highest BCUT2D eigenvalue weighted by atomic mass is 32.2. The van der Waals surface area contributed by atoms with Crippen LogP contribution in [-0.4, -0.2) is 51.0 Å². The van der Waals surface area contributed by atoms with Crippen LogP contribution < -0.4 is 0 Å². The third kappa shape index (κ3) is 2.86. The molecule has 8 heteroatoms. The van der Waals surface area contributed by atoms with Gasteiger partial charge in [0.25, 0.3) is 0 Å². The van der Waals surface area contributed by atoms with Crippen LogP contribution in [0, 0.1) is 0 Å². The maximum Gasteiger partial charge on any atom is 0.217 e. The van der Waals surface area contributed by atoms with Gasteiger partial charge in [0.1, 0.15) is 5.65 Å². The molecule has 0 unspecified atom stereocenters. The van der Waals surface area contributed by atoms with Gasteiger partial charge in [-0.15, -0.1) is 0 Å². The minimum Gasteiger partial charge on any atom is -0.346 e. The molecule has 2 aliphatic rings. The van der Waals surface area contributed by atoms with E-state index < -0.39 is 10.0 Å². The number of aromatic nitrogens is 4. The van der Waals surface area contributed by atoms with Crippen molar-refractivity contribution < 1.29 is 8.42 Å². The van der Waals surface area contributed by atoms with Gasteiger partial charge in [-0.2, -0.15) is 4.31 Å². The van der Waals surface area contributed by atoms with Crippen molar-refractivity contribution in [3.63, 3.8) is 0 Å². The number of fused-ring (bicyclic) bond motifs is 2. The predicted octanol–water partition coefficient (Wildman–Crippen LogP) is 3.69. The first-order valence-electron chi connectivity index (χ1n) is 10.2. The minimum atomic E-state index is -3.12. The van der Waals surface area contributed by atoms with Crippen LogP contribution in [0.5, 0.6) is 0 Å². The van der Waals surface area contributed by atoms with Crippen LogP contribution in [0.1, 0.15) is 24.8 Å². The number of rotatable bonds is 4. The Labute approximate surface area is 173 Å². The summed E-state index contributed by atoms with van der Waals surface area (Å²) in [6.45, 7) is 0.988. The zero-order valence-electron chi connectivity index (χ0n) is 16.3. The van der Waals surface area contributed by atoms with E-state index in [1.807, 2.05) is 24.5 Å². The third-order valence-electron chi connectivity index (χ3n) is 6.11. The summed E-state index contributed by atoms with van der Waals surface area (Å²) in [4.78, 5) is 15.3. The van der Waals surface area contributed by atoms with Gasteiger partial charge in [-0.05, 0) is 54.2 Å². The smallest absolute Gasteiger partial charge is 0.217 e. The van der Waals surface area contributed by atoms with Gasteiger partial charge in [0.15, 0.2) is 0 Å². The fourth-order valence-corrected chi connectivity index (χ4v) is 6.02. The van der Waals surface area contributed by atoms with Crippen molar-refractivity contribution in [2.45, 2.75) is 24.5 Å². The molecule has 152 valence electrons. The lowest BCUT2D eigenvalue weighted by atomic mass is 9.99. The first-order valence-corrected chi connectivity index (χ1v) is 11.7. The van der Waals surface area contributed by atoms with E-state index in [1.165, 1.54) is 0 Å². The fraction of sp³-hybridized carbons (Fsp3) is 0.273. The van der Waals surface area contributed by atoms with E-state index in [1.54, 1.807) is 10.6 Å². The Bertz CT molecular complexity index is 1410. The van der Waals surface area contributed by atoms with E-state index >= 15 is 0 Å². The van der Waals surface area contributed by atoms with Crippen molar-refractivity contribution in [1.82, 2.24) is 24.2 Å². The predicted molar refractivity (Wildman–Crippen MR) is 117 cm³/mol. The molecular formula is C22H21N5O2S. The molecule has 1 aromatic carbocycles. The molecule has 1 aliphatic heterocycles. The second-order valence-corrected chi connectivity index (χ2v) is 10.3. The Hall–Kier alpha value is -2.97. The fourth-order valence-electron chi connectivity index (χ4n) is 4.24. The van der Waals surface area contributed by atoms with E-state index in [0.717, 1.165) is 57.2 Å². The van der Waals surface area contributed by atoms with Crippen LogP contribution >= 0.6 is 0 Å². The Kier molecular flexibility index (Phi) is 3.88. The molecule has 2 N–H and O–H groups in total. The lowest BCUT2D eigenvalue weighted by Crippen LogP contribution is -2.36. The van der Waals surface area contributed by atoms with Gasteiger partial charge in [-0.25, -0.2) is 18.4 Å². The number of H-pyrrole nitrogens is 2. The number of pyridine rings is 1. The molecule has 4 heterocycles. The summed E-state index contributed by atoms with van der Waals surface area (Å²) in [6.07, 6.45) is 9.91. The SMILES string of the molecule is O=S(=O)(C1CC1)N1CC=C(c2cnc3[nH]cc(-c4ccc5nc[nH]c5c4)c3c2)CC1. The van der Waals surface area contributed by atoms with Crippen LogP contribution in [0.15, 0.2) is 49.1 Å². The molecule has 1 saturated carbocycles. The number of imidazole rings is 1. The Morgan fingerprint density at radius 1 is 1.07 bits per heavy atom. The number of nitrogens with one attached hydrogen (secondary N) is 2. The topological polar surface area (TPSA) is 94.7 Å². The maximum atomic E-state index is 12.5. The zero-order valence-corrected chi connectivity index (χ0v) is 17.1. The highest BCUT2D eigenvalue weighted by Crippen LogP contribution is 2.35. The minimum absolute atomic E-state index is 0.153. The molecule has 1 fully saturated rings. The molecule has 3 aromatic heterocycles. The monoisotopic (exact) mass is 419 g/mol. The first kappa shape index (κ1) is 17.9. The normalized spacial score (nSPS) is 18.2. The van der Waals surface area contributed by atoms with Crippen LogP contribution in [-0.2, 0) is 10.0 Å². The number of nitrogens with zero attached hydrogens (tertiary/aromatic N) is 3. The molecule has 1 aliphatic carbocycles. The third-order valence-corrected chi connectivity index (χ3v) is 8.48. The molecule has 0 radical (unpaired) electrons. The second kappa shape index (κ2) is 6.52. The van der Waals surface area contributed by atoms with Crippen LogP contribution in [0.4, 0.5) is 0 Å². The van der Waals surface area contributed by atoms with Gasteiger partial charge in [-0.3, -0.25) is 0 Å². The lowest BCUT2D eigenvalue weighted by Gasteiger charge is -2.25. The zero-order chi connectivity index (χ0) is 20.3. The molecule has 6 rings (SSSR count). The van der Waals surface area contributed by atoms with E-state index in [4.69, 9.17) is 0 Å². The first-order chi connectivity index (χ1) is 14.6. The van der Waals surface area contributed by atoms with E-state index in [9.17, 15) is 8.42 Å². The van der Waals surface area contributed by atoms with Crippen molar-refractivity contribution in [2.24, 2.45) is 0 Å². The van der Waals surface area contributed by atoms with Crippen molar-refractivity contribution in [3.05, 3.63) is 54.6 Å². The molecular weight excluding hydrogens is 398 g/mol. The van der Waals surface area contributed by atoms with Crippen LogP contribution in [0.2, 0.25) is 0 Å². The van der Waals surface area contributed by atoms with Gasteiger partial charge >= 0.3 is 0 Å². The van der Waals surface area contributed by atoms with Gasteiger partial charge in [0, 0.05) is 36.4 Å². The van der Waals surface area contributed by atoms with Crippen LogP contribution in [0.3, 0.4) is 0 Å². The van der Waals surface area contributed by atoms with Crippen molar-refractivity contribution in [2.75, 3.05) is 13.1 Å². The molecule has 7 nitrogen and oxygen atoms in total. The molecule has 30 heavy (non-hydrogen) atoms. The summed E-state index contributed by atoms with van der Waals surface area (Å²) in [5, 5.41) is 0.903. The summed E-state index contributed by atoms with van der Waals surface area (Å²) >= 11 is 0. The standard InChI is InChI=1S/C22H21N5O2S/c28-30(29,17-2-3-17)27-7-5-14(6-8-27)16-9-18-19(12-24-22(18)23-11-16)15-1-4-20-21(10-15)26-13-25-20/h1,4-5,9-13,17H,2-3,6-8H2,(H,23,24)(H,25,26). The molecule has 4 aromatic rings. The second-order valence-electron chi connectivity index (χ2n) is 8.04. The van der Waals surface area contributed by atoms with Gasteiger partial charge in [0.2, 0.25) is 10.0 Å². The average Bonchev–Trinajstić information content (AvgIpc) is 3.40. The summed E-state index contributed by atoms with van der Waals surface area (Å²) in [6, 6.07) is 8.33. The Morgan fingerprint density at radius 2 is 1.97 bits per heavy atom. The number of hydrogen-bond acceptors (Lipinski definition) is 4. The maximum absolute atomic E-state index is 12.5. The van der Waals surface area contributed by atoms with Gasteiger partial charge < -0.3 is 9.97 Å². The van der Waals surface area contributed by atoms with E-state index in [0.29, 0.717) is 19.5 Å². The summed E-state index contributed by atoms with van der Waals surface area (Å²) < 4.78 is 26.6. The molecule has 0 spiro atoms. The number of sulfonamides is 1. The molecule has 0 amide bonds.